The van der Waals surface area contributed by atoms with Gasteiger partial charge in [-0.3, -0.25) is 9.59 Å². The molecule has 0 aliphatic rings. The van der Waals surface area contributed by atoms with Gasteiger partial charge in [-0.1, -0.05) is 29.8 Å². The molecule has 0 saturated heterocycles. The first-order valence-electron chi connectivity index (χ1n) is 8.12. The monoisotopic (exact) mass is 341 g/mol. The van der Waals surface area contributed by atoms with Crippen LogP contribution in [-0.2, 0) is 11.2 Å². The molecule has 0 aliphatic carbocycles. The van der Waals surface area contributed by atoms with E-state index in [0.717, 1.165) is 16.7 Å². The molecule has 2 rings (SSSR count). The van der Waals surface area contributed by atoms with Gasteiger partial charge in [0.1, 0.15) is 5.75 Å². The van der Waals surface area contributed by atoms with E-state index in [4.69, 9.17) is 4.74 Å². The molecule has 0 heterocycles. The van der Waals surface area contributed by atoms with Crippen LogP contribution in [0.1, 0.15) is 27.0 Å². The number of nitrogens with one attached hydrogen (secondary N) is 1. The molecule has 2 N–H and O–H groups in total. The number of hydrogen-bond donors (Lipinski definition) is 2. The van der Waals surface area contributed by atoms with Crippen LogP contribution >= 0.6 is 0 Å². The van der Waals surface area contributed by atoms with Gasteiger partial charge in [0, 0.05) is 12.1 Å². The smallest absolute Gasteiger partial charge is 0.308 e. The highest BCUT2D eigenvalue weighted by atomic mass is 16.5. The Hall–Kier alpha value is -2.82. The molecule has 0 spiro atoms. The normalized spacial score (nSPS) is 11.6. The molecule has 5 nitrogen and oxygen atoms in total. The topological polar surface area (TPSA) is 75.6 Å². The van der Waals surface area contributed by atoms with Crippen LogP contribution in [0.15, 0.2) is 42.5 Å². The Labute approximate surface area is 147 Å². The van der Waals surface area contributed by atoms with Gasteiger partial charge in [-0.05, 0) is 49.6 Å². The average molecular weight is 341 g/mol. The summed E-state index contributed by atoms with van der Waals surface area (Å²) in [6.45, 7) is 3.86. The highest BCUT2D eigenvalue weighted by Gasteiger charge is 2.20. The van der Waals surface area contributed by atoms with E-state index in [0.29, 0.717) is 17.7 Å². The van der Waals surface area contributed by atoms with Crippen LogP contribution in [0, 0.1) is 19.8 Å². The molecule has 0 aliphatic heterocycles. The van der Waals surface area contributed by atoms with Crippen molar-refractivity contribution >= 4 is 11.9 Å². The second-order valence-corrected chi connectivity index (χ2v) is 6.12. The minimum Gasteiger partial charge on any atom is -0.497 e. The molecule has 2 aromatic rings. The van der Waals surface area contributed by atoms with Gasteiger partial charge in [-0.15, -0.1) is 0 Å². The number of aliphatic carboxylic acids is 1. The maximum Gasteiger partial charge on any atom is 0.308 e. The summed E-state index contributed by atoms with van der Waals surface area (Å²) in [5.74, 6) is -1.20. The van der Waals surface area contributed by atoms with Crippen molar-refractivity contribution in [1.29, 1.82) is 0 Å². The fourth-order valence-electron chi connectivity index (χ4n) is 2.70. The summed E-state index contributed by atoms with van der Waals surface area (Å²) in [6.07, 6.45) is 0.374. The van der Waals surface area contributed by atoms with Crippen LogP contribution in [0.25, 0.3) is 0 Å². The zero-order chi connectivity index (χ0) is 18.4. The standard InChI is InChI=1S/C20H23NO4/c1-13-5-4-6-15(9-13)11-16(20(23)24)12-21-19(22)18-8-7-17(25-3)10-14(18)2/h4-10,16H,11-12H2,1-3H3,(H,21,22)(H,23,24). The molecule has 2 aromatic carbocycles. The first-order chi connectivity index (χ1) is 11.9. The fourth-order valence-corrected chi connectivity index (χ4v) is 2.70. The van der Waals surface area contributed by atoms with Gasteiger partial charge >= 0.3 is 5.97 Å². The highest BCUT2D eigenvalue weighted by Crippen LogP contribution is 2.17. The van der Waals surface area contributed by atoms with E-state index in [2.05, 4.69) is 5.32 Å². The molecule has 0 saturated carbocycles. The molecule has 0 bridgehead atoms. The largest absolute Gasteiger partial charge is 0.497 e. The predicted octanol–water partition coefficient (Wildman–Crippen LogP) is 2.99. The molecule has 132 valence electrons. The van der Waals surface area contributed by atoms with Crippen molar-refractivity contribution in [3.05, 3.63) is 64.7 Å². The van der Waals surface area contributed by atoms with Gasteiger partial charge in [-0.25, -0.2) is 0 Å². The summed E-state index contributed by atoms with van der Waals surface area (Å²) in [4.78, 5) is 23.9. The Morgan fingerprint density at radius 1 is 1.16 bits per heavy atom. The van der Waals surface area contributed by atoms with E-state index >= 15 is 0 Å². The van der Waals surface area contributed by atoms with Crippen molar-refractivity contribution in [3.8, 4) is 5.75 Å². The van der Waals surface area contributed by atoms with E-state index in [9.17, 15) is 14.7 Å². The Balaban J connectivity index is 2.03. The lowest BCUT2D eigenvalue weighted by atomic mass is 9.98. The summed E-state index contributed by atoms with van der Waals surface area (Å²) < 4.78 is 5.13. The zero-order valence-electron chi connectivity index (χ0n) is 14.7. The maximum atomic E-state index is 12.4. The van der Waals surface area contributed by atoms with Crippen LogP contribution in [-0.4, -0.2) is 30.6 Å². The lowest BCUT2D eigenvalue weighted by Gasteiger charge is -2.15. The molecule has 1 atom stereocenters. The van der Waals surface area contributed by atoms with E-state index in [1.54, 1.807) is 25.3 Å². The van der Waals surface area contributed by atoms with Crippen LogP contribution < -0.4 is 10.1 Å². The lowest BCUT2D eigenvalue weighted by Crippen LogP contribution is -2.34. The number of benzene rings is 2. The van der Waals surface area contributed by atoms with Crippen molar-refractivity contribution in [3.63, 3.8) is 0 Å². The molecular weight excluding hydrogens is 318 g/mol. The van der Waals surface area contributed by atoms with Crippen molar-refractivity contribution in [2.45, 2.75) is 20.3 Å². The van der Waals surface area contributed by atoms with Crippen LogP contribution in [0.2, 0.25) is 0 Å². The van der Waals surface area contributed by atoms with Gasteiger partial charge in [0.05, 0.1) is 13.0 Å². The van der Waals surface area contributed by atoms with Crippen LogP contribution in [0.3, 0.4) is 0 Å². The summed E-state index contributed by atoms with van der Waals surface area (Å²) in [5, 5.41) is 12.2. The van der Waals surface area contributed by atoms with Gasteiger partial charge in [0.15, 0.2) is 0 Å². The van der Waals surface area contributed by atoms with Crippen molar-refractivity contribution in [2.75, 3.05) is 13.7 Å². The highest BCUT2D eigenvalue weighted by molar-refractivity contribution is 5.96. The lowest BCUT2D eigenvalue weighted by molar-refractivity contribution is -0.141. The summed E-state index contributed by atoms with van der Waals surface area (Å²) in [5.41, 5.74) is 3.32. The number of carboxylic acid groups (broad SMARTS) is 1. The van der Waals surface area contributed by atoms with E-state index in [1.165, 1.54) is 0 Å². The van der Waals surface area contributed by atoms with Crippen molar-refractivity contribution in [1.82, 2.24) is 5.32 Å². The van der Waals surface area contributed by atoms with Gasteiger partial charge in [0.25, 0.3) is 5.91 Å². The number of carboxylic acids is 1. The number of ether oxygens (including phenoxy) is 1. The Bertz CT molecular complexity index is 770. The molecule has 0 aromatic heterocycles. The zero-order valence-corrected chi connectivity index (χ0v) is 14.7. The third kappa shape index (κ3) is 5.08. The second kappa shape index (κ2) is 8.33. The van der Waals surface area contributed by atoms with Crippen LogP contribution in [0.4, 0.5) is 0 Å². The minimum absolute atomic E-state index is 0.0770. The summed E-state index contributed by atoms with van der Waals surface area (Å²) >= 11 is 0. The molecule has 5 heteroatoms. The summed E-state index contributed by atoms with van der Waals surface area (Å²) in [6, 6.07) is 12.9. The van der Waals surface area contributed by atoms with Gasteiger partial charge in [0.2, 0.25) is 0 Å². The molecular formula is C20H23NO4. The minimum atomic E-state index is -0.923. The first-order valence-corrected chi connectivity index (χ1v) is 8.12. The number of amides is 1. The van der Waals surface area contributed by atoms with E-state index in [-0.39, 0.29) is 12.5 Å². The number of hydrogen-bond acceptors (Lipinski definition) is 3. The molecule has 1 unspecified atom stereocenters. The number of carbonyl (C=O) groups excluding carboxylic acids is 1. The van der Waals surface area contributed by atoms with Crippen LogP contribution in [0.5, 0.6) is 5.75 Å². The molecule has 1 amide bonds. The number of rotatable bonds is 7. The second-order valence-electron chi connectivity index (χ2n) is 6.12. The Morgan fingerprint density at radius 3 is 2.52 bits per heavy atom. The van der Waals surface area contributed by atoms with Gasteiger partial charge < -0.3 is 15.2 Å². The van der Waals surface area contributed by atoms with Crippen molar-refractivity contribution in [2.24, 2.45) is 5.92 Å². The number of carbonyl (C=O) groups is 2. The Morgan fingerprint density at radius 2 is 1.92 bits per heavy atom. The van der Waals surface area contributed by atoms with Gasteiger partial charge in [-0.2, -0.15) is 0 Å². The Kier molecular flexibility index (Phi) is 6.17. The number of aryl methyl sites for hydroxylation is 2. The quantitative estimate of drug-likeness (QED) is 0.812. The third-order valence-corrected chi connectivity index (χ3v) is 4.10. The third-order valence-electron chi connectivity index (χ3n) is 4.10. The van der Waals surface area contributed by atoms with E-state index in [1.807, 2.05) is 38.1 Å². The molecule has 0 radical (unpaired) electrons. The predicted molar refractivity (Wildman–Crippen MR) is 96.1 cm³/mol. The molecule has 25 heavy (non-hydrogen) atoms. The van der Waals surface area contributed by atoms with E-state index < -0.39 is 11.9 Å². The average Bonchev–Trinajstić information content (AvgIpc) is 2.57. The molecule has 0 fully saturated rings. The summed E-state index contributed by atoms with van der Waals surface area (Å²) in [7, 11) is 1.57. The fraction of sp³-hybridized carbons (Fsp3) is 0.300. The number of methoxy groups -OCH3 is 1. The SMILES string of the molecule is COc1ccc(C(=O)NCC(Cc2cccc(C)c2)C(=O)O)c(C)c1. The van der Waals surface area contributed by atoms with Crippen molar-refractivity contribution < 1.29 is 19.4 Å². The maximum absolute atomic E-state index is 12.4. The first kappa shape index (κ1) is 18.5.